The number of benzene rings is 2. The second-order valence-electron chi connectivity index (χ2n) is 9.97. The molecule has 4 N–H and O–H groups in total. The Labute approximate surface area is 211 Å². The monoisotopic (exact) mass is 481 g/mol. The molecule has 0 saturated carbocycles. The zero-order valence-electron chi connectivity index (χ0n) is 20.3. The summed E-state index contributed by atoms with van der Waals surface area (Å²) in [5, 5.41) is 11.7. The van der Waals surface area contributed by atoms with Crippen LogP contribution in [0.25, 0.3) is 11.1 Å². The van der Waals surface area contributed by atoms with E-state index in [1.54, 1.807) is 24.4 Å². The fourth-order valence-corrected chi connectivity index (χ4v) is 5.73. The highest BCUT2D eigenvalue weighted by molar-refractivity contribution is 6.14. The van der Waals surface area contributed by atoms with E-state index in [9.17, 15) is 4.79 Å². The average molecular weight is 482 g/mol. The van der Waals surface area contributed by atoms with Crippen molar-refractivity contribution in [3.05, 3.63) is 76.5 Å². The van der Waals surface area contributed by atoms with Gasteiger partial charge in [0.15, 0.2) is 0 Å². The van der Waals surface area contributed by atoms with E-state index in [2.05, 4.69) is 33.4 Å². The zero-order chi connectivity index (χ0) is 24.6. The predicted octanol–water partition coefficient (Wildman–Crippen LogP) is 3.82. The summed E-state index contributed by atoms with van der Waals surface area (Å²) in [5.41, 5.74) is 13.1. The van der Waals surface area contributed by atoms with E-state index in [1.807, 2.05) is 6.07 Å². The van der Waals surface area contributed by atoms with Crippen LogP contribution >= 0.6 is 0 Å². The lowest BCUT2D eigenvalue weighted by Gasteiger charge is -2.32. The molecule has 1 saturated heterocycles. The number of aryl methyl sites for hydroxylation is 1. The zero-order valence-corrected chi connectivity index (χ0v) is 20.3. The number of pyridine rings is 1. The van der Waals surface area contributed by atoms with Gasteiger partial charge in [0, 0.05) is 28.9 Å². The molecule has 0 bridgehead atoms. The smallest absolute Gasteiger partial charge is 0.255 e. The van der Waals surface area contributed by atoms with Crippen molar-refractivity contribution in [3.8, 4) is 16.9 Å². The van der Waals surface area contributed by atoms with Crippen molar-refractivity contribution < 1.29 is 9.53 Å². The quantitative estimate of drug-likeness (QED) is 0.492. The molecule has 2 aromatic carbocycles. The number of ether oxygens (including phenoxy) is 1. The largest absolute Gasteiger partial charge is 0.491 e. The molecule has 1 aromatic heterocycles. The molecule has 3 aliphatic rings. The van der Waals surface area contributed by atoms with Crippen molar-refractivity contribution >= 4 is 17.4 Å². The van der Waals surface area contributed by atoms with Gasteiger partial charge < -0.3 is 20.7 Å². The maximum Gasteiger partial charge on any atom is 0.255 e. The topological polar surface area (TPSA) is 104 Å². The molecular weight excluding hydrogens is 450 g/mol. The molecule has 6 rings (SSSR count). The van der Waals surface area contributed by atoms with Crippen molar-refractivity contribution in [2.24, 2.45) is 0 Å². The van der Waals surface area contributed by atoms with Crippen LogP contribution in [0, 0.1) is 5.41 Å². The minimum absolute atomic E-state index is 0.164. The van der Waals surface area contributed by atoms with E-state index in [4.69, 9.17) is 15.9 Å². The van der Waals surface area contributed by atoms with E-state index >= 15 is 0 Å². The second-order valence-corrected chi connectivity index (χ2v) is 9.97. The number of rotatable bonds is 4. The number of amides is 1. The molecule has 3 aromatic rings. The number of hydrogen-bond donors (Lipinski definition) is 3. The SMILES string of the molecule is N=C(c1ccc2c(c1)OCCNC2=O)c1cc(-c2ccc3c(c2)CCC(N2CCCC2)C3)cnc1N. The second kappa shape index (κ2) is 9.39. The third-order valence-electron chi connectivity index (χ3n) is 7.75. The normalized spacial score (nSPS) is 19.6. The van der Waals surface area contributed by atoms with Gasteiger partial charge in [0.1, 0.15) is 18.2 Å². The number of aromatic nitrogens is 1. The molecule has 0 radical (unpaired) electrons. The van der Waals surface area contributed by atoms with Crippen LogP contribution in [-0.4, -0.2) is 53.8 Å². The number of hydrogen-bond acceptors (Lipinski definition) is 6. The molecule has 1 fully saturated rings. The Balaban J connectivity index is 1.27. The highest BCUT2D eigenvalue weighted by Crippen LogP contribution is 2.32. The van der Waals surface area contributed by atoms with Gasteiger partial charge in [0.05, 0.1) is 17.8 Å². The van der Waals surface area contributed by atoms with Crippen LogP contribution in [0.3, 0.4) is 0 Å². The molecular formula is C29H31N5O2. The van der Waals surface area contributed by atoms with Gasteiger partial charge in [-0.2, -0.15) is 0 Å². The van der Waals surface area contributed by atoms with Crippen LogP contribution < -0.4 is 15.8 Å². The van der Waals surface area contributed by atoms with Crippen LogP contribution in [0.15, 0.2) is 48.7 Å². The number of carbonyl (C=O) groups is 1. The van der Waals surface area contributed by atoms with Gasteiger partial charge in [-0.15, -0.1) is 0 Å². The van der Waals surface area contributed by atoms with E-state index in [0.717, 1.165) is 24.0 Å². The van der Waals surface area contributed by atoms with Crippen molar-refractivity contribution in [1.82, 2.24) is 15.2 Å². The molecule has 7 nitrogen and oxygen atoms in total. The molecule has 1 aliphatic carbocycles. The number of nitrogens with two attached hydrogens (primary N) is 1. The third kappa shape index (κ3) is 4.24. The van der Waals surface area contributed by atoms with Crippen LogP contribution in [0.4, 0.5) is 5.82 Å². The number of anilines is 1. The van der Waals surface area contributed by atoms with Crippen molar-refractivity contribution in [1.29, 1.82) is 5.41 Å². The van der Waals surface area contributed by atoms with Gasteiger partial charge in [-0.25, -0.2) is 4.98 Å². The summed E-state index contributed by atoms with van der Waals surface area (Å²) in [6.07, 6.45) is 7.89. The van der Waals surface area contributed by atoms with Gasteiger partial charge in [-0.3, -0.25) is 10.2 Å². The number of nitrogen functional groups attached to an aromatic ring is 1. The molecule has 1 amide bonds. The van der Waals surface area contributed by atoms with Gasteiger partial charge in [0.25, 0.3) is 5.91 Å². The van der Waals surface area contributed by atoms with Crippen LogP contribution in [0.1, 0.15) is 51.9 Å². The number of nitrogens with one attached hydrogen (secondary N) is 2. The molecule has 184 valence electrons. The summed E-state index contributed by atoms with van der Waals surface area (Å²) in [6, 6.07) is 14.5. The van der Waals surface area contributed by atoms with Crippen molar-refractivity contribution in [3.63, 3.8) is 0 Å². The Morgan fingerprint density at radius 1 is 1.08 bits per heavy atom. The molecule has 36 heavy (non-hydrogen) atoms. The van der Waals surface area contributed by atoms with Crippen molar-refractivity contribution in [2.45, 2.75) is 38.1 Å². The van der Waals surface area contributed by atoms with E-state index in [-0.39, 0.29) is 11.6 Å². The highest BCUT2D eigenvalue weighted by Gasteiger charge is 2.26. The number of fused-ring (bicyclic) bond motifs is 2. The van der Waals surface area contributed by atoms with Gasteiger partial charge >= 0.3 is 0 Å². The summed E-state index contributed by atoms with van der Waals surface area (Å²) in [5.74, 6) is 0.628. The van der Waals surface area contributed by atoms with Crippen LogP contribution in [0.5, 0.6) is 5.75 Å². The first-order chi connectivity index (χ1) is 17.6. The van der Waals surface area contributed by atoms with E-state index in [0.29, 0.717) is 47.5 Å². The maximum atomic E-state index is 12.2. The minimum atomic E-state index is -0.164. The lowest BCUT2D eigenvalue weighted by Crippen LogP contribution is -2.37. The summed E-state index contributed by atoms with van der Waals surface area (Å²) < 4.78 is 5.73. The predicted molar refractivity (Wildman–Crippen MR) is 141 cm³/mol. The van der Waals surface area contributed by atoms with Gasteiger partial charge in [-0.1, -0.05) is 24.3 Å². The Bertz CT molecular complexity index is 1350. The molecule has 0 spiro atoms. The maximum absolute atomic E-state index is 12.2. The van der Waals surface area contributed by atoms with E-state index < -0.39 is 0 Å². The fraction of sp³-hybridized carbons (Fsp3) is 0.345. The molecule has 3 heterocycles. The molecule has 1 atom stereocenters. The first kappa shape index (κ1) is 22.7. The first-order valence-electron chi connectivity index (χ1n) is 12.8. The minimum Gasteiger partial charge on any atom is -0.491 e. The van der Waals surface area contributed by atoms with E-state index in [1.165, 1.54) is 43.5 Å². The van der Waals surface area contributed by atoms with Crippen molar-refractivity contribution in [2.75, 3.05) is 32.0 Å². The lowest BCUT2D eigenvalue weighted by atomic mass is 9.85. The van der Waals surface area contributed by atoms with Gasteiger partial charge in [0.2, 0.25) is 0 Å². The van der Waals surface area contributed by atoms with Crippen LogP contribution in [-0.2, 0) is 12.8 Å². The highest BCUT2D eigenvalue weighted by atomic mass is 16.5. The summed E-state index contributed by atoms with van der Waals surface area (Å²) in [4.78, 5) is 19.3. The number of likely N-dealkylation sites (tertiary alicyclic amines) is 1. The standard InChI is InChI=1S/C29H31N5O2/c30-27(21-6-8-24-26(16-21)36-12-9-32-29(24)35)25-15-22(17-33-28(25)31)19-3-4-20-14-23(7-5-18(20)13-19)34-10-1-2-11-34/h3-4,6,8,13,15-17,23,30H,1-2,5,7,9-12,14H2,(H2,31,33)(H,32,35). The lowest BCUT2D eigenvalue weighted by molar-refractivity contribution is 0.0957. The first-order valence-corrected chi connectivity index (χ1v) is 12.8. The summed E-state index contributed by atoms with van der Waals surface area (Å²) in [7, 11) is 0. The Morgan fingerprint density at radius 3 is 2.81 bits per heavy atom. The summed E-state index contributed by atoms with van der Waals surface area (Å²) >= 11 is 0. The Morgan fingerprint density at radius 2 is 1.94 bits per heavy atom. The van der Waals surface area contributed by atoms with Gasteiger partial charge in [-0.05, 0) is 80.1 Å². The average Bonchev–Trinajstić information content (AvgIpc) is 3.39. The molecule has 1 unspecified atom stereocenters. The molecule has 7 heteroatoms. The Kier molecular flexibility index (Phi) is 5.93. The van der Waals surface area contributed by atoms with Crippen LogP contribution in [0.2, 0.25) is 0 Å². The molecule has 2 aliphatic heterocycles. The number of carbonyl (C=O) groups excluding carboxylic acids is 1. The fourth-order valence-electron chi connectivity index (χ4n) is 5.73. The third-order valence-corrected chi connectivity index (χ3v) is 7.75. The number of nitrogens with zero attached hydrogens (tertiary/aromatic N) is 2. The Hall–Kier alpha value is -3.71. The summed E-state index contributed by atoms with van der Waals surface area (Å²) in [6.45, 7) is 3.34.